The van der Waals surface area contributed by atoms with Crippen LogP contribution in [0.1, 0.15) is 52.7 Å². The minimum atomic E-state index is -0.197. The van der Waals surface area contributed by atoms with E-state index in [1.54, 1.807) is 145 Å². The van der Waals surface area contributed by atoms with E-state index in [2.05, 4.69) is 0 Å². The van der Waals surface area contributed by atoms with Crippen LogP contribution in [0.4, 0.5) is 0 Å². The van der Waals surface area contributed by atoms with Gasteiger partial charge in [0.05, 0.1) is 31.3 Å². The van der Waals surface area contributed by atoms with Crippen molar-refractivity contribution in [2.45, 2.75) is 0 Å². The first-order valence-corrected chi connectivity index (χ1v) is 15.2. The lowest BCUT2D eigenvalue weighted by atomic mass is 10.0. The Morgan fingerprint density at radius 1 is 0.625 bits per heavy atom. The van der Waals surface area contributed by atoms with Crippen molar-refractivity contribution in [3.8, 4) is 22.9 Å². The number of nitrogens with zero attached hydrogens (tertiary/aromatic N) is 2. The highest BCUT2D eigenvalue weighted by Crippen LogP contribution is 2.27. The van der Waals surface area contributed by atoms with Crippen LogP contribution < -0.4 is 9.47 Å². The number of carbonyl (C=O) groups excluding carboxylic acids is 4. The second-order valence-corrected chi connectivity index (χ2v) is 11.2. The molecule has 8 nitrogen and oxygen atoms in total. The average Bonchev–Trinajstić information content (AvgIpc) is 3.81. The number of carbonyl (C=O) groups is 4. The Kier molecular flexibility index (Phi) is 10.7. The number of hydrogen-bond donors (Lipinski definition) is 0. The fraction of sp³-hybridized carbons (Fsp3) is 0.0526. The van der Waals surface area contributed by atoms with Crippen molar-refractivity contribution < 1.29 is 28.7 Å². The van der Waals surface area contributed by atoms with Gasteiger partial charge in [0.15, 0.2) is 24.1 Å². The molecule has 0 aliphatic rings. The lowest BCUT2D eigenvalue weighted by Gasteiger charge is -2.12. The van der Waals surface area contributed by atoms with E-state index < -0.39 is 0 Å². The SMILES string of the molecule is COc1cccc(C(=O)c2cc(Cl)ccc2-n2ccc(C=O)c2)c1.COc1cccc(C(=O)c2cc(Cl)ccc2-n2cccc2C=O)c1. The Morgan fingerprint density at radius 2 is 1.19 bits per heavy atom. The Bertz CT molecular complexity index is 2130. The van der Waals surface area contributed by atoms with Crippen LogP contribution in [0.5, 0.6) is 11.5 Å². The molecular weight excluding hydrogens is 651 g/mol. The van der Waals surface area contributed by atoms with E-state index in [0.29, 0.717) is 66.4 Å². The van der Waals surface area contributed by atoms with Crippen LogP contribution in [0.25, 0.3) is 11.4 Å². The second-order valence-electron chi connectivity index (χ2n) is 10.3. The number of benzene rings is 4. The van der Waals surface area contributed by atoms with Crippen LogP contribution in [0, 0.1) is 0 Å². The maximum Gasteiger partial charge on any atom is 0.195 e. The second kappa shape index (κ2) is 15.3. The van der Waals surface area contributed by atoms with Gasteiger partial charge in [-0.15, -0.1) is 0 Å². The summed E-state index contributed by atoms with van der Waals surface area (Å²) in [6.07, 6.45) is 6.63. The molecule has 0 bridgehead atoms. The molecule has 0 aliphatic heterocycles. The average molecular weight is 680 g/mol. The third-order valence-corrected chi connectivity index (χ3v) is 7.83. The molecule has 0 N–H and O–H groups in total. The Balaban J connectivity index is 0.000000188. The first kappa shape index (κ1) is 33.7. The van der Waals surface area contributed by atoms with Crippen molar-refractivity contribution in [3.05, 3.63) is 165 Å². The third-order valence-electron chi connectivity index (χ3n) is 7.36. The third kappa shape index (κ3) is 7.47. The molecular formula is C38H28Cl2N2O6. The Labute approximate surface area is 286 Å². The molecule has 0 spiro atoms. The van der Waals surface area contributed by atoms with Gasteiger partial charge in [0, 0.05) is 56.5 Å². The summed E-state index contributed by atoms with van der Waals surface area (Å²) in [7, 11) is 3.10. The van der Waals surface area contributed by atoms with Crippen molar-refractivity contribution in [2.75, 3.05) is 14.2 Å². The zero-order valence-electron chi connectivity index (χ0n) is 25.8. The van der Waals surface area contributed by atoms with E-state index in [1.807, 2.05) is 0 Å². The maximum absolute atomic E-state index is 13.0. The summed E-state index contributed by atoms with van der Waals surface area (Å²) in [5.74, 6) is 0.831. The number of ether oxygens (including phenoxy) is 2. The number of aldehydes is 2. The highest BCUT2D eigenvalue weighted by molar-refractivity contribution is 6.31. The van der Waals surface area contributed by atoms with Crippen molar-refractivity contribution >= 4 is 47.3 Å². The van der Waals surface area contributed by atoms with Crippen LogP contribution >= 0.6 is 23.2 Å². The topological polar surface area (TPSA) is 96.6 Å². The van der Waals surface area contributed by atoms with E-state index >= 15 is 0 Å². The van der Waals surface area contributed by atoms with Gasteiger partial charge in [-0.1, -0.05) is 47.5 Å². The first-order chi connectivity index (χ1) is 23.3. The summed E-state index contributed by atoms with van der Waals surface area (Å²) in [4.78, 5) is 48.0. The predicted molar refractivity (Wildman–Crippen MR) is 185 cm³/mol. The quantitative estimate of drug-likeness (QED) is 0.107. The van der Waals surface area contributed by atoms with Crippen molar-refractivity contribution in [1.29, 1.82) is 0 Å². The van der Waals surface area contributed by atoms with E-state index in [1.165, 1.54) is 0 Å². The molecule has 0 saturated heterocycles. The number of aromatic nitrogens is 2. The first-order valence-electron chi connectivity index (χ1n) is 14.5. The van der Waals surface area contributed by atoms with E-state index in [4.69, 9.17) is 32.7 Å². The summed E-state index contributed by atoms with van der Waals surface area (Å²) in [6.45, 7) is 0. The largest absolute Gasteiger partial charge is 0.497 e. The van der Waals surface area contributed by atoms with Gasteiger partial charge in [-0.05, 0) is 78.9 Å². The fourth-order valence-electron chi connectivity index (χ4n) is 5.00. The molecule has 4 aromatic carbocycles. The molecule has 2 heterocycles. The van der Waals surface area contributed by atoms with Gasteiger partial charge in [0.1, 0.15) is 11.5 Å². The molecule has 0 aliphatic carbocycles. The fourth-order valence-corrected chi connectivity index (χ4v) is 5.34. The maximum atomic E-state index is 13.0. The van der Waals surface area contributed by atoms with Crippen molar-refractivity contribution in [1.82, 2.24) is 9.13 Å². The number of hydrogen-bond acceptors (Lipinski definition) is 6. The van der Waals surface area contributed by atoms with E-state index in [9.17, 15) is 19.2 Å². The highest BCUT2D eigenvalue weighted by atomic mass is 35.5. The Hall–Kier alpha value is -5.70. The summed E-state index contributed by atoms with van der Waals surface area (Å²) < 4.78 is 13.7. The standard InChI is InChI=1S/2C19H14ClNO3/c1-24-16-6-2-4-13(10-16)19(23)17-11-14(20)7-8-18(17)21-9-3-5-15(21)12-22;1-24-16-4-2-3-14(9-16)19(23)17-10-15(20)5-6-18(17)21-8-7-13(11-21)12-22/h2*2-12H,1H3. The summed E-state index contributed by atoms with van der Waals surface area (Å²) in [5.41, 5.74) is 4.08. The molecule has 0 unspecified atom stereocenters. The normalized spacial score (nSPS) is 10.4. The molecule has 6 aromatic rings. The van der Waals surface area contributed by atoms with Crippen molar-refractivity contribution in [2.24, 2.45) is 0 Å². The van der Waals surface area contributed by atoms with Gasteiger partial charge in [-0.3, -0.25) is 19.2 Å². The van der Waals surface area contributed by atoms with Gasteiger partial charge in [0.2, 0.25) is 0 Å². The summed E-state index contributed by atoms with van der Waals surface area (Å²) >= 11 is 12.2. The van der Waals surface area contributed by atoms with E-state index in [-0.39, 0.29) is 11.6 Å². The van der Waals surface area contributed by atoms with Gasteiger partial charge < -0.3 is 18.6 Å². The smallest absolute Gasteiger partial charge is 0.195 e. The molecule has 0 radical (unpaired) electrons. The number of methoxy groups -OCH3 is 2. The van der Waals surface area contributed by atoms with E-state index in [0.717, 1.165) is 12.6 Å². The molecule has 0 atom stereocenters. The van der Waals surface area contributed by atoms with Gasteiger partial charge in [0.25, 0.3) is 0 Å². The van der Waals surface area contributed by atoms with Crippen LogP contribution in [0.2, 0.25) is 10.0 Å². The van der Waals surface area contributed by atoms with Crippen molar-refractivity contribution in [3.63, 3.8) is 0 Å². The highest BCUT2D eigenvalue weighted by Gasteiger charge is 2.18. The Morgan fingerprint density at radius 3 is 1.71 bits per heavy atom. The minimum absolute atomic E-state index is 0.173. The summed E-state index contributed by atoms with van der Waals surface area (Å²) in [6, 6.07) is 29.1. The number of rotatable bonds is 10. The number of ketones is 2. The number of halogens is 2. The van der Waals surface area contributed by atoms with Gasteiger partial charge in [-0.25, -0.2) is 0 Å². The zero-order valence-corrected chi connectivity index (χ0v) is 27.3. The monoisotopic (exact) mass is 678 g/mol. The van der Waals surface area contributed by atoms with Gasteiger partial charge >= 0.3 is 0 Å². The molecule has 240 valence electrons. The lowest BCUT2D eigenvalue weighted by Crippen LogP contribution is -2.09. The molecule has 10 heteroatoms. The molecule has 0 amide bonds. The molecule has 6 rings (SSSR count). The van der Waals surface area contributed by atoms with Crippen LogP contribution in [0.3, 0.4) is 0 Å². The van der Waals surface area contributed by atoms with Crippen LogP contribution in [-0.2, 0) is 0 Å². The summed E-state index contributed by atoms with van der Waals surface area (Å²) in [5, 5.41) is 0.914. The lowest BCUT2D eigenvalue weighted by molar-refractivity contribution is 0.103. The molecule has 0 fully saturated rings. The molecule has 48 heavy (non-hydrogen) atoms. The minimum Gasteiger partial charge on any atom is -0.497 e. The molecule has 2 aromatic heterocycles. The van der Waals surface area contributed by atoms with Gasteiger partial charge in [-0.2, -0.15) is 0 Å². The zero-order chi connectivity index (χ0) is 34.2. The van der Waals surface area contributed by atoms with Crippen LogP contribution in [-0.4, -0.2) is 47.5 Å². The molecule has 0 saturated carbocycles. The van der Waals surface area contributed by atoms with Crippen LogP contribution in [0.15, 0.2) is 122 Å². The predicted octanol–water partition coefficient (Wildman–Crippen LogP) is 8.37.